The van der Waals surface area contributed by atoms with Crippen LogP contribution in [0.25, 0.3) is 0 Å². The lowest BCUT2D eigenvalue weighted by molar-refractivity contribution is 0.0918. The summed E-state index contributed by atoms with van der Waals surface area (Å²) in [5.41, 5.74) is 2.58. The minimum absolute atomic E-state index is 0.141. The van der Waals surface area contributed by atoms with Gasteiger partial charge in [-0.05, 0) is 66.1 Å². The maximum absolute atomic E-state index is 12.9. The molecular formula is C24H30O5. The van der Waals surface area contributed by atoms with Gasteiger partial charge in [-0.1, -0.05) is 27.7 Å². The summed E-state index contributed by atoms with van der Waals surface area (Å²) >= 11 is 0. The number of rotatable bonds is 10. The molecule has 29 heavy (non-hydrogen) atoms. The SMILES string of the molecule is CCC(C)c1cc(C(=O)COc2ccc(C=O)cc2OC)cc(C(C)CC)c1O. The molecule has 0 spiro atoms. The Morgan fingerprint density at radius 2 is 1.62 bits per heavy atom. The van der Waals surface area contributed by atoms with Gasteiger partial charge in [-0.25, -0.2) is 0 Å². The molecule has 2 atom stereocenters. The summed E-state index contributed by atoms with van der Waals surface area (Å²) in [6.07, 6.45) is 2.45. The van der Waals surface area contributed by atoms with Gasteiger partial charge in [0.05, 0.1) is 7.11 Å². The third-order valence-corrected chi connectivity index (χ3v) is 5.46. The molecule has 1 N–H and O–H groups in total. The number of phenols is 1. The summed E-state index contributed by atoms with van der Waals surface area (Å²) in [4.78, 5) is 23.8. The number of ether oxygens (including phenoxy) is 2. The number of phenolic OH excluding ortho intramolecular Hbond substituents is 1. The molecule has 0 aliphatic carbocycles. The zero-order chi connectivity index (χ0) is 21.6. The highest BCUT2D eigenvalue weighted by Gasteiger charge is 2.20. The van der Waals surface area contributed by atoms with Crippen LogP contribution in [-0.2, 0) is 0 Å². The van der Waals surface area contributed by atoms with Crippen LogP contribution in [0.2, 0.25) is 0 Å². The lowest BCUT2D eigenvalue weighted by Crippen LogP contribution is -2.14. The Morgan fingerprint density at radius 1 is 1.03 bits per heavy atom. The highest BCUT2D eigenvalue weighted by molar-refractivity contribution is 5.98. The summed E-state index contributed by atoms with van der Waals surface area (Å²) in [5, 5.41) is 10.7. The van der Waals surface area contributed by atoms with E-state index in [0.717, 1.165) is 30.3 Å². The van der Waals surface area contributed by atoms with E-state index in [9.17, 15) is 14.7 Å². The number of carbonyl (C=O) groups is 2. The van der Waals surface area contributed by atoms with E-state index in [4.69, 9.17) is 9.47 Å². The van der Waals surface area contributed by atoms with Gasteiger partial charge in [0.25, 0.3) is 0 Å². The average molecular weight is 398 g/mol. The van der Waals surface area contributed by atoms with E-state index in [0.29, 0.717) is 22.6 Å². The highest BCUT2D eigenvalue weighted by atomic mass is 16.5. The minimum atomic E-state index is -0.180. The Labute approximate surface area is 172 Å². The summed E-state index contributed by atoms with van der Waals surface area (Å²) in [7, 11) is 1.48. The molecule has 0 saturated heterocycles. The minimum Gasteiger partial charge on any atom is -0.507 e. The predicted molar refractivity (Wildman–Crippen MR) is 114 cm³/mol. The second kappa shape index (κ2) is 10.1. The molecule has 0 saturated carbocycles. The number of ketones is 1. The maximum atomic E-state index is 12.9. The smallest absolute Gasteiger partial charge is 0.200 e. The first-order chi connectivity index (χ1) is 13.9. The Bertz CT molecular complexity index is 841. The van der Waals surface area contributed by atoms with Crippen molar-refractivity contribution in [2.75, 3.05) is 13.7 Å². The van der Waals surface area contributed by atoms with E-state index in [2.05, 4.69) is 13.8 Å². The van der Waals surface area contributed by atoms with Gasteiger partial charge in [-0.15, -0.1) is 0 Å². The summed E-state index contributed by atoms with van der Waals surface area (Å²) in [6.45, 7) is 8.03. The second-order valence-electron chi connectivity index (χ2n) is 7.36. The van der Waals surface area contributed by atoms with Crippen molar-refractivity contribution < 1.29 is 24.2 Å². The van der Waals surface area contributed by atoms with Crippen molar-refractivity contribution in [1.82, 2.24) is 0 Å². The van der Waals surface area contributed by atoms with Crippen LogP contribution in [0.15, 0.2) is 30.3 Å². The van der Waals surface area contributed by atoms with Crippen LogP contribution in [0.5, 0.6) is 17.2 Å². The molecule has 0 fully saturated rings. The number of methoxy groups -OCH3 is 1. The molecule has 2 aromatic carbocycles. The van der Waals surface area contributed by atoms with E-state index in [1.165, 1.54) is 7.11 Å². The van der Waals surface area contributed by atoms with Crippen molar-refractivity contribution >= 4 is 12.1 Å². The lowest BCUT2D eigenvalue weighted by atomic mass is 9.87. The molecule has 5 heteroatoms. The van der Waals surface area contributed by atoms with Gasteiger partial charge in [0.2, 0.25) is 0 Å². The molecule has 0 bridgehead atoms. The molecule has 0 radical (unpaired) electrons. The summed E-state index contributed by atoms with van der Waals surface area (Å²) in [6, 6.07) is 8.33. The first-order valence-electron chi connectivity index (χ1n) is 10.0. The number of carbonyl (C=O) groups excluding carboxylic acids is 2. The van der Waals surface area contributed by atoms with Gasteiger partial charge in [-0.2, -0.15) is 0 Å². The largest absolute Gasteiger partial charge is 0.507 e. The normalized spacial score (nSPS) is 12.9. The molecular weight excluding hydrogens is 368 g/mol. The van der Waals surface area contributed by atoms with Crippen LogP contribution >= 0.6 is 0 Å². The number of aromatic hydroxyl groups is 1. The van der Waals surface area contributed by atoms with Gasteiger partial charge >= 0.3 is 0 Å². The molecule has 0 amide bonds. The molecule has 156 valence electrons. The predicted octanol–water partition coefficient (Wildman–Crippen LogP) is 5.50. The van der Waals surface area contributed by atoms with Crippen LogP contribution in [0, 0.1) is 0 Å². The van der Waals surface area contributed by atoms with Crippen molar-refractivity contribution in [2.24, 2.45) is 0 Å². The van der Waals surface area contributed by atoms with Gasteiger partial charge in [0.1, 0.15) is 12.0 Å². The van der Waals surface area contributed by atoms with Crippen molar-refractivity contribution in [3.63, 3.8) is 0 Å². The van der Waals surface area contributed by atoms with Gasteiger partial charge in [-0.3, -0.25) is 9.59 Å². The van der Waals surface area contributed by atoms with Crippen LogP contribution in [0.1, 0.15) is 84.2 Å². The van der Waals surface area contributed by atoms with E-state index in [-0.39, 0.29) is 30.0 Å². The monoisotopic (exact) mass is 398 g/mol. The standard InChI is InChI=1S/C24H30O5/c1-6-15(3)19-11-18(12-20(24(19)27)16(4)7-2)21(26)14-29-22-9-8-17(13-25)10-23(22)28-5/h8-13,15-16,27H,6-7,14H2,1-5H3. The van der Waals surface area contributed by atoms with Crippen LogP contribution in [0.3, 0.4) is 0 Å². The van der Waals surface area contributed by atoms with Gasteiger partial charge in [0.15, 0.2) is 23.9 Å². The Morgan fingerprint density at radius 3 is 2.10 bits per heavy atom. The van der Waals surface area contributed by atoms with Crippen LogP contribution < -0.4 is 9.47 Å². The highest BCUT2D eigenvalue weighted by Crippen LogP contribution is 2.37. The van der Waals surface area contributed by atoms with Crippen LogP contribution in [0.4, 0.5) is 0 Å². The molecule has 0 heterocycles. The first-order valence-corrected chi connectivity index (χ1v) is 10.0. The zero-order valence-corrected chi connectivity index (χ0v) is 17.8. The first kappa shape index (κ1) is 22.5. The number of aldehydes is 1. The van der Waals surface area contributed by atoms with Crippen molar-refractivity contribution in [2.45, 2.75) is 52.4 Å². The Kier molecular flexibility index (Phi) is 7.82. The molecule has 2 unspecified atom stereocenters. The topological polar surface area (TPSA) is 72.8 Å². The fourth-order valence-corrected chi connectivity index (χ4v) is 3.14. The molecule has 0 aliphatic heterocycles. The number of hydrogen-bond donors (Lipinski definition) is 1. The van der Waals surface area contributed by atoms with E-state index >= 15 is 0 Å². The van der Waals surface area contributed by atoms with Crippen LogP contribution in [-0.4, -0.2) is 30.9 Å². The molecule has 2 aromatic rings. The van der Waals surface area contributed by atoms with Gasteiger partial charge in [0, 0.05) is 11.1 Å². The van der Waals surface area contributed by atoms with Crippen molar-refractivity contribution in [3.8, 4) is 17.2 Å². The lowest BCUT2D eigenvalue weighted by Gasteiger charge is -2.20. The third kappa shape index (κ3) is 5.17. The third-order valence-electron chi connectivity index (χ3n) is 5.46. The van der Waals surface area contributed by atoms with E-state index in [1.54, 1.807) is 30.3 Å². The molecule has 0 aromatic heterocycles. The van der Waals surface area contributed by atoms with Crippen molar-refractivity contribution in [1.29, 1.82) is 0 Å². The summed E-state index contributed by atoms with van der Waals surface area (Å²) in [5.74, 6) is 1.19. The Hall–Kier alpha value is -2.82. The van der Waals surface area contributed by atoms with E-state index in [1.807, 2.05) is 13.8 Å². The Balaban J connectivity index is 2.31. The number of benzene rings is 2. The molecule has 2 rings (SSSR count). The molecule has 0 aliphatic rings. The fourth-order valence-electron chi connectivity index (χ4n) is 3.14. The summed E-state index contributed by atoms with van der Waals surface area (Å²) < 4.78 is 10.9. The molecule has 5 nitrogen and oxygen atoms in total. The van der Waals surface area contributed by atoms with Crippen molar-refractivity contribution in [3.05, 3.63) is 52.6 Å². The van der Waals surface area contributed by atoms with Gasteiger partial charge < -0.3 is 14.6 Å². The second-order valence-corrected chi connectivity index (χ2v) is 7.36. The maximum Gasteiger partial charge on any atom is 0.200 e. The fraction of sp³-hybridized carbons (Fsp3) is 0.417. The number of hydrogen-bond acceptors (Lipinski definition) is 5. The average Bonchev–Trinajstić information content (AvgIpc) is 2.76. The zero-order valence-electron chi connectivity index (χ0n) is 17.8. The number of Topliss-reactive ketones (excluding diaryl/α,β-unsaturated/α-hetero) is 1. The quantitative estimate of drug-likeness (QED) is 0.422. The van der Waals surface area contributed by atoms with E-state index < -0.39 is 0 Å².